The highest BCUT2D eigenvalue weighted by Crippen LogP contribution is 2.38. The van der Waals surface area contributed by atoms with Crippen LogP contribution in [0.3, 0.4) is 0 Å². The second kappa shape index (κ2) is 13.6. The number of aliphatic hydroxyl groups is 4. The number of fused-ring (bicyclic) bond motifs is 1. The molecule has 5 N–H and O–H groups in total. The molecule has 10 nitrogen and oxygen atoms in total. The van der Waals surface area contributed by atoms with Crippen LogP contribution in [0.4, 0.5) is 17.1 Å². The zero-order chi connectivity index (χ0) is 33.2. The molecule has 1 fully saturated rings. The summed E-state index contributed by atoms with van der Waals surface area (Å²) in [6.07, 6.45) is -5.76. The molecule has 1 amide bonds. The number of hydrogen-bond donors (Lipinski definition) is 5. The highest BCUT2D eigenvalue weighted by atomic mass is 32.1. The molecule has 0 saturated carbocycles. The van der Waals surface area contributed by atoms with Crippen molar-refractivity contribution < 1.29 is 30.0 Å². The summed E-state index contributed by atoms with van der Waals surface area (Å²) in [4.78, 5) is 15.2. The number of aromatic nitrogens is 2. The number of amides is 1. The molecule has 0 spiro atoms. The van der Waals surface area contributed by atoms with Crippen LogP contribution in [0.1, 0.15) is 10.4 Å². The van der Waals surface area contributed by atoms with Gasteiger partial charge >= 0.3 is 0 Å². The minimum absolute atomic E-state index is 0.279. The predicted molar refractivity (Wildman–Crippen MR) is 184 cm³/mol. The first-order valence-corrected chi connectivity index (χ1v) is 16.1. The topological polar surface area (TPSA) is 148 Å². The van der Waals surface area contributed by atoms with Crippen molar-refractivity contribution in [2.75, 3.05) is 11.5 Å². The summed E-state index contributed by atoms with van der Waals surface area (Å²) in [5.41, 5.74) is 8.58. The molecule has 7 rings (SSSR count). The van der Waals surface area contributed by atoms with Crippen LogP contribution < -0.4 is 10.2 Å². The molecule has 5 atom stereocenters. The Morgan fingerprint density at radius 3 is 1.71 bits per heavy atom. The molecule has 2 heterocycles. The number of anilines is 3. The first kappa shape index (κ1) is 31.6. The van der Waals surface area contributed by atoms with Crippen molar-refractivity contribution in [1.29, 1.82) is 0 Å². The third-order valence-corrected chi connectivity index (χ3v) is 9.07. The van der Waals surface area contributed by atoms with Crippen LogP contribution >= 0.6 is 11.7 Å². The molecule has 0 radical (unpaired) electrons. The molecule has 0 aliphatic carbocycles. The number of ether oxygens (including phenoxy) is 1. The molecule has 0 bridgehead atoms. The van der Waals surface area contributed by atoms with Crippen molar-refractivity contribution in [3.63, 3.8) is 0 Å². The number of hydrogen-bond acceptors (Lipinski definition) is 10. The smallest absolute Gasteiger partial charge is 0.251 e. The normalized spacial score (nSPS) is 20.8. The van der Waals surface area contributed by atoms with Crippen molar-refractivity contribution in [3.05, 3.63) is 127 Å². The zero-order valence-electron chi connectivity index (χ0n) is 25.5. The van der Waals surface area contributed by atoms with Gasteiger partial charge in [-0.15, -0.1) is 0 Å². The summed E-state index contributed by atoms with van der Waals surface area (Å²) < 4.78 is 14.4. The quantitative estimate of drug-likeness (QED) is 0.152. The lowest BCUT2D eigenvalue weighted by molar-refractivity contribution is -0.252. The molecule has 1 aliphatic rings. The minimum atomic E-state index is -1.60. The van der Waals surface area contributed by atoms with Crippen LogP contribution in [0.25, 0.3) is 33.3 Å². The number of para-hydroxylation sites is 2. The molecule has 1 saturated heterocycles. The number of nitrogens with zero attached hydrogens (tertiary/aromatic N) is 3. The Morgan fingerprint density at radius 1 is 0.688 bits per heavy atom. The van der Waals surface area contributed by atoms with Gasteiger partial charge in [0.2, 0.25) is 0 Å². The fourth-order valence-corrected chi connectivity index (χ4v) is 6.59. The molecule has 5 aromatic carbocycles. The third kappa shape index (κ3) is 6.06. The lowest BCUT2D eigenvalue weighted by Gasteiger charge is -2.40. The molecular formula is C37H32N4O6S. The highest BCUT2D eigenvalue weighted by Gasteiger charge is 2.44. The lowest BCUT2D eigenvalue weighted by Crippen LogP contribution is -2.64. The van der Waals surface area contributed by atoms with E-state index in [0.717, 1.165) is 62.1 Å². The van der Waals surface area contributed by atoms with E-state index in [4.69, 9.17) is 4.74 Å². The summed E-state index contributed by atoms with van der Waals surface area (Å²) in [6, 6.07) is 38.4. The van der Waals surface area contributed by atoms with Crippen molar-refractivity contribution in [1.82, 2.24) is 14.1 Å². The van der Waals surface area contributed by atoms with Gasteiger partial charge in [0.05, 0.1) is 18.3 Å². The molecule has 1 aliphatic heterocycles. The average Bonchev–Trinajstić information content (AvgIpc) is 3.63. The fraction of sp³-hybridized carbons (Fsp3) is 0.162. The molecule has 48 heavy (non-hydrogen) atoms. The van der Waals surface area contributed by atoms with E-state index < -0.39 is 43.2 Å². The molecule has 242 valence electrons. The van der Waals surface area contributed by atoms with E-state index in [9.17, 15) is 25.2 Å². The Morgan fingerprint density at radius 2 is 1.19 bits per heavy atom. The lowest BCUT2D eigenvalue weighted by atomic mass is 9.96. The van der Waals surface area contributed by atoms with Gasteiger partial charge in [-0.25, -0.2) is 0 Å². The molecule has 1 aromatic heterocycles. The van der Waals surface area contributed by atoms with Crippen LogP contribution in [0.2, 0.25) is 0 Å². The monoisotopic (exact) mass is 660 g/mol. The molecular weight excluding hydrogens is 628 g/mol. The Hall–Kier alpha value is -5.01. The largest absolute Gasteiger partial charge is 0.394 e. The summed E-state index contributed by atoms with van der Waals surface area (Å²) in [6.45, 7) is -0.589. The number of aliphatic hydroxyl groups excluding tert-OH is 4. The third-order valence-electron chi connectivity index (χ3n) is 8.54. The van der Waals surface area contributed by atoms with Crippen molar-refractivity contribution in [2.24, 2.45) is 0 Å². The Bertz CT molecular complexity index is 1970. The number of carbonyl (C=O) groups is 1. The summed E-state index contributed by atoms with van der Waals surface area (Å²) in [5, 5.41) is 42.6. The van der Waals surface area contributed by atoms with Crippen LogP contribution in [0, 0.1) is 0 Å². The van der Waals surface area contributed by atoms with Gasteiger partial charge in [0, 0.05) is 33.8 Å². The summed E-state index contributed by atoms with van der Waals surface area (Å²) in [7, 11) is 0. The average molecular weight is 661 g/mol. The maximum Gasteiger partial charge on any atom is 0.251 e. The van der Waals surface area contributed by atoms with E-state index in [1.54, 1.807) is 24.3 Å². The van der Waals surface area contributed by atoms with Gasteiger partial charge in [-0.1, -0.05) is 72.8 Å². The van der Waals surface area contributed by atoms with E-state index in [-0.39, 0.29) is 5.56 Å². The van der Waals surface area contributed by atoms with Crippen molar-refractivity contribution >= 4 is 45.7 Å². The number of nitrogens with one attached hydrogen (secondary N) is 1. The predicted octanol–water partition coefficient (Wildman–Crippen LogP) is 5.02. The maximum atomic E-state index is 13.0. The van der Waals surface area contributed by atoms with E-state index in [1.807, 2.05) is 48.5 Å². The Balaban J connectivity index is 1.12. The van der Waals surface area contributed by atoms with Crippen LogP contribution in [-0.4, -0.2) is 72.3 Å². The van der Waals surface area contributed by atoms with Gasteiger partial charge in [-0.05, 0) is 59.7 Å². The number of benzene rings is 5. The van der Waals surface area contributed by atoms with Gasteiger partial charge in [-0.2, -0.15) is 8.75 Å². The van der Waals surface area contributed by atoms with E-state index in [1.165, 1.54) is 0 Å². The minimum Gasteiger partial charge on any atom is -0.394 e. The van der Waals surface area contributed by atoms with Gasteiger partial charge in [-0.3, -0.25) is 4.79 Å². The first-order chi connectivity index (χ1) is 23.4. The number of carbonyl (C=O) groups excluding carboxylic acids is 1. The Labute approximate surface area is 280 Å². The van der Waals surface area contributed by atoms with E-state index in [0.29, 0.717) is 0 Å². The van der Waals surface area contributed by atoms with Crippen molar-refractivity contribution in [3.8, 4) is 22.3 Å². The van der Waals surface area contributed by atoms with E-state index >= 15 is 0 Å². The zero-order valence-corrected chi connectivity index (χ0v) is 26.3. The standard InChI is InChI=1S/C37H32N4O6S/c42-21-30-34(43)35(44)33(37(46)47-30)38-36(45)24-13-11-22(12-14-24)28-19-20-29(32-31(28)39-48-40-32)23-15-17-27(18-16-23)41(25-7-3-1-4-8-25)26-9-5-2-6-10-26/h1-20,30,33-35,37,42-44,46H,21H2,(H,38,45). The second-order valence-electron chi connectivity index (χ2n) is 11.5. The fourth-order valence-electron chi connectivity index (χ4n) is 6.01. The van der Waals surface area contributed by atoms with Crippen molar-refractivity contribution in [2.45, 2.75) is 30.6 Å². The second-order valence-corrected chi connectivity index (χ2v) is 12.0. The summed E-state index contributed by atoms with van der Waals surface area (Å²) in [5.74, 6) is -0.569. The molecule has 11 heteroatoms. The maximum absolute atomic E-state index is 13.0. The highest BCUT2D eigenvalue weighted by molar-refractivity contribution is 7.00. The first-order valence-electron chi connectivity index (χ1n) is 15.4. The van der Waals surface area contributed by atoms with Crippen LogP contribution in [0.15, 0.2) is 121 Å². The molecule has 5 unspecified atom stereocenters. The number of rotatable bonds is 8. The van der Waals surface area contributed by atoms with E-state index in [2.05, 4.69) is 67.5 Å². The Kier molecular flexibility index (Phi) is 8.96. The summed E-state index contributed by atoms with van der Waals surface area (Å²) >= 11 is 1.14. The van der Waals surface area contributed by atoms with Crippen LogP contribution in [-0.2, 0) is 4.74 Å². The van der Waals surface area contributed by atoms with Gasteiger partial charge < -0.3 is 35.4 Å². The van der Waals surface area contributed by atoms with Crippen LogP contribution in [0.5, 0.6) is 0 Å². The van der Waals surface area contributed by atoms with Gasteiger partial charge in [0.15, 0.2) is 6.29 Å². The molecule has 6 aromatic rings. The van der Waals surface area contributed by atoms with Gasteiger partial charge in [0.1, 0.15) is 35.4 Å². The SMILES string of the molecule is O=C(NC1C(O)OC(CO)C(O)C1O)c1ccc(-c2ccc(-c3ccc(N(c4ccccc4)c4ccccc4)cc3)c3nsnc23)cc1. The van der Waals surface area contributed by atoms with Gasteiger partial charge in [0.25, 0.3) is 5.91 Å².